The van der Waals surface area contributed by atoms with Crippen molar-refractivity contribution in [3.8, 4) is 11.5 Å². The molecule has 0 saturated heterocycles. The first-order valence-electron chi connectivity index (χ1n) is 8.73. The van der Waals surface area contributed by atoms with Gasteiger partial charge in [0.05, 0.1) is 19.8 Å². The Labute approximate surface area is 155 Å². The highest BCUT2D eigenvalue weighted by atomic mass is 16.5. The SMILES string of the molecule is COc1ccc(OC)c(C(=O)NCc2ccccc2CN(C)C(C)C)c1. The van der Waals surface area contributed by atoms with Crippen LogP contribution in [0.4, 0.5) is 0 Å². The molecule has 0 fully saturated rings. The minimum atomic E-state index is -0.187. The molecule has 0 radical (unpaired) electrons. The van der Waals surface area contributed by atoms with Gasteiger partial charge in [0.15, 0.2) is 0 Å². The van der Waals surface area contributed by atoms with Gasteiger partial charge in [-0.15, -0.1) is 0 Å². The Morgan fingerprint density at radius 2 is 1.77 bits per heavy atom. The lowest BCUT2D eigenvalue weighted by molar-refractivity contribution is 0.0947. The largest absolute Gasteiger partial charge is 0.497 e. The zero-order valence-corrected chi connectivity index (χ0v) is 16.2. The average molecular weight is 356 g/mol. The van der Waals surface area contributed by atoms with Crippen LogP contribution >= 0.6 is 0 Å². The van der Waals surface area contributed by atoms with Crippen LogP contribution < -0.4 is 14.8 Å². The molecule has 0 aromatic heterocycles. The Bertz CT molecular complexity index is 744. The highest BCUT2D eigenvalue weighted by Crippen LogP contribution is 2.24. The van der Waals surface area contributed by atoms with E-state index < -0.39 is 0 Å². The molecular weight excluding hydrogens is 328 g/mol. The molecule has 0 atom stereocenters. The number of carbonyl (C=O) groups excluding carboxylic acids is 1. The second-order valence-corrected chi connectivity index (χ2v) is 6.53. The summed E-state index contributed by atoms with van der Waals surface area (Å²) in [6.45, 7) is 5.63. The number of benzene rings is 2. The molecule has 26 heavy (non-hydrogen) atoms. The molecule has 0 unspecified atom stereocenters. The van der Waals surface area contributed by atoms with Crippen LogP contribution in [0.25, 0.3) is 0 Å². The molecule has 2 rings (SSSR count). The van der Waals surface area contributed by atoms with E-state index in [2.05, 4.69) is 37.2 Å². The predicted octanol–water partition coefficient (Wildman–Crippen LogP) is 3.47. The number of hydrogen-bond acceptors (Lipinski definition) is 4. The maximum Gasteiger partial charge on any atom is 0.255 e. The third kappa shape index (κ3) is 4.99. The van der Waals surface area contributed by atoms with Crippen LogP contribution in [0.5, 0.6) is 11.5 Å². The monoisotopic (exact) mass is 356 g/mol. The summed E-state index contributed by atoms with van der Waals surface area (Å²) >= 11 is 0. The molecule has 0 aliphatic heterocycles. The number of rotatable bonds is 8. The van der Waals surface area contributed by atoms with Crippen molar-refractivity contribution in [3.05, 3.63) is 59.2 Å². The van der Waals surface area contributed by atoms with E-state index >= 15 is 0 Å². The molecule has 1 amide bonds. The summed E-state index contributed by atoms with van der Waals surface area (Å²) in [6, 6.07) is 13.8. The molecule has 2 aromatic rings. The summed E-state index contributed by atoms with van der Waals surface area (Å²) in [5.41, 5.74) is 2.78. The van der Waals surface area contributed by atoms with Crippen molar-refractivity contribution in [3.63, 3.8) is 0 Å². The number of nitrogens with one attached hydrogen (secondary N) is 1. The summed E-state index contributed by atoms with van der Waals surface area (Å²) < 4.78 is 10.5. The van der Waals surface area contributed by atoms with Gasteiger partial charge in [0.1, 0.15) is 11.5 Å². The standard InChI is InChI=1S/C21H28N2O3/c1-15(2)23(3)14-17-9-7-6-8-16(17)13-22-21(24)19-12-18(25-4)10-11-20(19)26-5/h6-12,15H,13-14H2,1-5H3,(H,22,24). The minimum Gasteiger partial charge on any atom is -0.497 e. The molecule has 5 nitrogen and oxygen atoms in total. The van der Waals surface area contributed by atoms with Gasteiger partial charge in [0, 0.05) is 19.1 Å². The van der Waals surface area contributed by atoms with Crippen molar-refractivity contribution >= 4 is 5.91 Å². The molecule has 0 bridgehead atoms. The van der Waals surface area contributed by atoms with E-state index in [1.165, 1.54) is 5.56 Å². The first-order valence-corrected chi connectivity index (χ1v) is 8.73. The third-order valence-electron chi connectivity index (χ3n) is 4.51. The zero-order chi connectivity index (χ0) is 19.1. The Morgan fingerprint density at radius 3 is 2.38 bits per heavy atom. The van der Waals surface area contributed by atoms with Gasteiger partial charge < -0.3 is 14.8 Å². The molecule has 0 heterocycles. The summed E-state index contributed by atoms with van der Waals surface area (Å²) in [5.74, 6) is 0.957. The van der Waals surface area contributed by atoms with Gasteiger partial charge in [-0.1, -0.05) is 24.3 Å². The van der Waals surface area contributed by atoms with Crippen molar-refractivity contribution < 1.29 is 14.3 Å². The fourth-order valence-corrected chi connectivity index (χ4v) is 2.60. The number of amides is 1. The Morgan fingerprint density at radius 1 is 1.08 bits per heavy atom. The summed E-state index contributed by atoms with van der Waals surface area (Å²) in [6.07, 6.45) is 0. The topological polar surface area (TPSA) is 50.8 Å². The van der Waals surface area contributed by atoms with Gasteiger partial charge in [-0.3, -0.25) is 9.69 Å². The molecule has 0 spiro atoms. The number of nitrogens with zero attached hydrogens (tertiary/aromatic N) is 1. The van der Waals surface area contributed by atoms with E-state index in [1.807, 2.05) is 18.2 Å². The highest BCUT2D eigenvalue weighted by molar-refractivity contribution is 5.97. The van der Waals surface area contributed by atoms with Crippen molar-refractivity contribution in [1.29, 1.82) is 0 Å². The lowest BCUT2D eigenvalue weighted by atomic mass is 10.1. The molecular formula is C21H28N2O3. The van der Waals surface area contributed by atoms with E-state index in [0.29, 0.717) is 29.6 Å². The quantitative estimate of drug-likeness (QED) is 0.787. The second-order valence-electron chi connectivity index (χ2n) is 6.53. The van der Waals surface area contributed by atoms with E-state index in [9.17, 15) is 4.79 Å². The molecule has 5 heteroatoms. The van der Waals surface area contributed by atoms with Crippen LogP contribution in [0.3, 0.4) is 0 Å². The molecule has 1 N–H and O–H groups in total. The van der Waals surface area contributed by atoms with E-state index in [4.69, 9.17) is 9.47 Å². The average Bonchev–Trinajstić information content (AvgIpc) is 2.66. The molecule has 0 aliphatic carbocycles. The van der Waals surface area contributed by atoms with Crippen LogP contribution in [-0.4, -0.2) is 38.1 Å². The van der Waals surface area contributed by atoms with E-state index in [1.54, 1.807) is 32.4 Å². The van der Waals surface area contributed by atoms with Gasteiger partial charge in [-0.05, 0) is 50.2 Å². The van der Waals surface area contributed by atoms with Gasteiger partial charge in [-0.2, -0.15) is 0 Å². The van der Waals surface area contributed by atoms with Crippen molar-refractivity contribution in [2.75, 3.05) is 21.3 Å². The first kappa shape index (κ1) is 19.8. The summed E-state index contributed by atoms with van der Waals surface area (Å²) in [7, 11) is 5.22. The highest BCUT2D eigenvalue weighted by Gasteiger charge is 2.14. The zero-order valence-electron chi connectivity index (χ0n) is 16.2. The molecule has 0 aliphatic rings. The van der Waals surface area contributed by atoms with Crippen molar-refractivity contribution in [2.24, 2.45) is 0 Å². The van der Waals surface area contributed by atoms with E-state index in [-0.39, 0.29) is 5.91 Å². The summed E-state index contributed by atoms with van der Waals surface area (Å²) in [5, 5.41) is 2.99. The van der Waals surface area contributed by atoms with Crippen molar-refractivity contribution in [2.45, 2.75) is 33.0 Å². The fourth-order valence-electron chi connectivity index (χ4n) is 2.60. The van der Waals surface area contributed by atoms with Gasteiger partial charge in [-0.25, -0.2) is 0 Å². The lowest BCUT2D eigenvalue weighted by Crippen LogP contribution is -2.28. The Hall–Kier alpha value is -2.53. The van der Waals surface area contributed by atoms with Crippen LogP contribution in [-0.2, 0) is 13.1 Å². The second kappa shape index (κ2) is 9.25. The smallest absolute Gasteiger partial charge is 0.255 e. The predicted molar refractivity (Wildman–Crippen MR) is 104 cm³/mol. The van der Waals surface area contributed by atoms with Gasteiger partial charge >= 0.3 is 0 Å². The van der Waals surface area contributed by atoms with Gasteiger partial charge in [0.25, 0.3) is 5.91 Å². The maximum atomic E-state index is 12.7. The number of hydrogen-bond donors (Lipinski definition) is 1. The minimum absolute atomic E-state index is 0.187. The molecule has 2 aromatic carbocycles. The van der Waals surface area contributed by atoms with Crippen LogP contribution in [0.1, 0.15) is 35.3 Å². The van der Waals surface area contributed by atoms with E-state index in [0.717, 1.165) is 12.1 Å². The number of methoxy groups -OCH3 is 2. The molecule has 140 valence electrons. The number of ether oxygens (including phenoxy) is 2. The molecule has 0 saturated carbocycles. The number of carbonyl (C=O) groups is 1. The van der Waals surface area contributed by atoms with Crippen LogP contribution in [0.2, 0.25) is 0 Å². The maximum absolute atomic E-state index is 12.7. The van der Waals surface area contributed by atoms with Crippen LogP contribution in [0.15, 0.2) is 42.5 Å². The Balaban J connectivity index is 2.13. The Kier molecular flexibility index (Phi) is 7.04. The first-order chi connectivity index (χ1) is 12.5. The third-order valence-corrected chi connectivity index (χ3v) is 4.51. The lowest BCUT2D eigenvalue weighted by Gasteiger charge is -2.22. The van der Waals surface area contributed by atoms with Crippen LogP contribution in [0, 0.1) is 0 Å². The normalized spacial score (nSPS) is 10.9. The van der Waals surface area contributed by atoms with Gasteiger partial charge in [0.2, 0.25) is 0 Å². The fraction of sp³-hybridized carbons (Fsp3) is 0.381. The summed E-state index contributed by atoms with van der Waals surface area (Å²) in [4.78, 5) is 14.9. The van der Waals surface area contributed by atoms with Crippen molar-refractivity contribution in [1.82, 2.24) is 10.2 Å².